The van der Waals surface area contributed by atoms with Crippen LogP contribution < -0.4 is 0 Å². The summed E-state index contributed by atoms with van der Waals surface area (Å²) in [5.74, 6) is -2.32. The number of aromatic amines is 1. The fourth-order valence-electron chi connectivity index (χ4n) is 4.72. The Morgan fingerprint density at radius 2 is 2.00 bits per heavy atom. The number of hydrogen-bond acceptors (Lipinski definition) is 8. The SMILES string of the molecule is CCOC(=O)c1[nH]c(C)c(C(O)=C2C(=O)C(=O)N(CCN3CCOCC3)C2c2cccnc2)c1C. The number of amides is 1. The van der Waals surface area contributed by atoms with Gasteiger partial charge in [-0.3, -0.25) is 19.5 Å². The molecule has 0 aromatic carbocycles. The predicted molar refractivity (Wildman–Crippen MR) is 127 cm³/mol. The van der Waals surface area contributed by atoms with Crippen LogP contribution in [-0.4, -0.2) is 88.5 Å². The number of pyridine rings is 1. The van der Waals surface area contributed by atoms with E-state index in [1.807, 2.05) is 0 Å². The van der Waals surface area contributed by atoms with E-state index in [9.17, 15) is 19.5 Å². The first-order chi connectivity index (χ1) is 16.8. The van der Waals surface area contributed by atoms with Gasteiger partial charge in [0, 0.05) is 49.8 Å². The standard InChI is InChI=1S/C25H30N4O6/c1-4-35-25(33)20-15(2)18(16(3)27-20)22(30)19-21(17-6-5-7-26-14-17)29(24(32)23(19)31)9-8-28-10-12-34-13-11-28/h5-7,14,21,27,30H,4,8-13H2,1-3H3. The van der Waals surface area contributed by atoms with Gasteiger partial charge in [-0.2, -0.15) is 0 Å². The van der Waals surface area contributed by atoms with Crippen molar-refractivity contribution >= 4 is 23.4 Å². The molecule has 2 aliphatic heterocycles. The molecule has 1 amide bonds. The summed E-state index contributed by atoms with van der Waals surface area (Å²) >= 11 is 0. The third-order valence-corrected chi connectivity index (χ3v) is 6.45. The van der Waals surface area contributed by atoms with Crippen molar-refractivity contribution in [1.29, 1.82) is 0 Å². The minimum atomic E-state index is -0.801. The monoisotopic (exact) mass is 482 g/mol. The third kappa shape index (κ3) is 4.71. The number of esters is 1. The summed E-state index contributed by atoms with van der Waals surface area (Å²) in [4.78, 5) is 49.6. The number of rotatable bonds is 7. The van der Waals surface area contributed by atoms with Crippen LogP contribution in [0.4, 0.5) is 0 Å². The van der Waals surface area contributed by atoms with Gasteiger partial charge in [-0.05, 0) is 38.0 Å². The van der Waals surface area contributed by atoms with Crippen LogP contribution in [0.15, 0.2) is 30.1 Å². The number of ketones is 1. The molecule has 0 aliphatic carbocycles. The zero-order valence-corrected chi connectivity index (χ0v) is 20.2. The number of nitrogens with one attached hydrogen (secondary N) is 1. The van der Waals surface area contributed by atoms with E-state index in [-0.39, 0.29) is 23.6 Å². The van der Waals surface area contributed by atoms with Gasteiger partial charge in [0.15, 0.2) is 0 Å². The van der Waals surface area contributed by atoms with Crippen LogP contribution in [0.1, 0.15) is 45.8 Å². The topological polar surface area (TPSA) is 125 Å². The van der Waals surface area contributed by atoms with Crippen molar-refractivity contribution in [2.75, 3.05) is 46.0 Å². The van der Waals surface area contributed by atoms with Crippen LogP contribution in [0.2, 0.25) is 0 Å². The molecule has 0 bridgehead atoms. The molecule has 35 heavy (non-hydrogen) atoms. The number of H-pyrrole nitrogens is 1. The highest BCUT2D eigenvalue weighted by Gasteiger charge is 2.46. The lowest BCUT2D eigenvalue weighted by Gasteiger charge is -2.30. The fourth-order valence-corrected chi connectivity index (χ4v) is 4.72. The molecule has 4 heterocycles. The molecule has 0 saturated carbocycles. The van der Waals surface area contributed by atoms with Crippen molar-refractivity contribution in [1.82, 2.24) is 19.8 Å². The van der Waals surface area contributed by atoms with Crippen molar-refractivity contribution in [3.8, 4) is 0 Å². The maximum absolute atomic E-state index is 13.3. The number of hydrogen-bond donors (Lipinski definition) is 2. The maximum Gasteiger partial charge on any atom is 0.355 e. The predicted octanol–water partition coefficient (Wildman–Crippen LogP) is 1.96. The fraction of sp³-hybridized carbons (Fsp3) is 0.440. The molecule has 0 spiro atoms. The third-order valence-electron chi connectivity index (χ3n) is 6.45. The number of aryl methyl sites for hydroxylation is 1. The molecule has 1 unspecified atom stereocenters. The molecule has 2 fully saturated rings. The lowest BCUT2D eigenvalue weighted by Crippen LogP contribution is -2.42. The summed E-state index contributed by atoms with van der Waals surface area (Å²) in [5, 5.41) is 11.4. The van der Waals surface area contributed by atoms with Crippen LogP contribution in [0.3, 0.4) is 0 Å². The highest BCUT2D eigenvalue weighted by Crippen LogP contribution is 2.40. The second kappa shape index (κ2) is 10.4. The number of likely N-dealkylation sites (tertiary alicyclic amines) is 1. The zero-order valence-electron chi connectivity index (χ0n) is 20.2. The van der Waals surface area contributed by atoms with Crippen molar-refractivity contribution in [2.24, 2.45) is 0 Å². The van der Waals surface area contributed by atoms with Crippen LogP contribution in [-0.2, 0) is 19.1 Å². The summed E-state index contributed by atoms with van der Waals surface area (Å²) in [7, 11) is 0. The van der Waals surface area contributed by atoms with Gasteiger partial charge in [-0.1, -0.05) is 6.07 Å². The molecule has 10 heteroatoms. The summed E-state index contributed by atoms with van der Waals surface area (Å²) in [6.07, 6.45) is 3.20. The van der Waals surface area contributed by atoms with E-state index in [4.69, 9.17) is 9.47 Å². The number of carbonyl (C=O) groups excluding carboxylic acids is 3. The average Bonchev–Trinajstić information content (AvgIpc) is 3.30. The number of ether oxygens (including phenoxy) is 2. The van der Waals surface area contributed by atoms with Crippen LogP contribution in [0.25, 0.3) is 5.76 Å². The van der Waals surface area contributed by atoms with Gasteiger partial charge >= 0.3 is 5.97 Å². The first-order valence-electron chi connectivity index (χ1n) is 11.7. The minimum absolute atomic E-state index is 0.0226. The Bertz CT molecular complexity index is 1150. The normalized spacial score (nSPS) is 20.4. The highest BCUT2D eigenvalue weighted by atomic mass is 16.5. The van der Waals surface area contributed by atoms with Gasteiger partial charge in [0.25, 0.3) is 11.7 Å². The molecule has 1 atom stereocenters. The molecule has 2 N–H and O–H groups in total. The Labute approximate surface area is 203 Å². The van der Waals surface area contributed by atoms with Gasteiger partial charge in [0.2, 0.25) is 0 Å². The number of nitrogens with zero attached hydrogens (tertiary/aromatic N) is 3. The highest BCUT2D eigenvalue weighted by molar-refractivity contribution is 6.46. The Morgan fingerprint density at radius 3 is 2.66 bits per heavy atom. The maximum atomic E-state index is 13.3. The van der Waals surface area contributed by atoms with Gasteiger partial charge in [0.1, 0.15) is 11.5 Å². The van der Waals surface area contributed by atoms with E-state index in [1.165, 1.54) is 4.90 Å². The molecule has 4 rings (SSSR count). The molecule has 2 aromatic rings. The minimum Gasteiger partial charge on any atom is -0.507 e. The van der Waals surface area contributed by atoms with Crippen molar-refractivity contribution in [3.63, 3.8) is 0 Å². The molecule has 2 saturated heterocycles. The van der Waals surface area contributed by atoms with Gasteiger partial charge in [-0.25, -0.2) is 4.79 Å². The first kappa shape index (κ1) is 24.6. The van der Waals surface area contributed by atoms with Gasteiger partial charge in [0.05, 0.1) is 31.4 Å². The largest absolute Gasteiger partial charge is 0.507 e. The Hall–Kier alpha value is -3.50. The molecule has 2 aromatic heterocycles. The van der Waals surface area contributed by atoms with Crippen LogP contribution in [0.5, 0.6) is 0 Å². The lowest BCUT2D eigenvalue weighted by atomic mass is 9.95. The number of aliphatic hydroxyl groups excluding tert-OH is 1. The molecular weight excluding hydrogens is 452 g/mol. The number of morpholine rings is 1. The van der Waals surface area contributed by atoms with Crippen molar-refractivity contribution in [3.05, 3.63) is 58.2 Å². The Balaban J connectivity index is 1.77. The lowest BCUT2D eigenvalue weighted by molar-refractivity contribution is -0.140. The number of aliphatic hydroxyl groups is 1. The average molecular weight is 483 g/mol. The summed E-state index contributed by atoms with van der Waals surface area (Å²) in [6, 6.07) is 2.70. The van der Waals surface area contributed by atoms with E-state index in [1.54, 1.807) is 45.3 Å². The Kier molecular flexibility index (Phi) is 7.32. The van der Waals surface area contributed by atoms with Crippen LogP contribution >= 0.6 is 0 Å². The Morgan fingerprint density at radius 1 is 1.26 bits per heavy atom. The first-order valence-corrected chi connectivity index (χ1v) is 11.7. The molecular formula is C25H30N4O6. The second-order valence-electron chi connectivity index (χ2n) is 8.58. The molecule has 10 nitrogen and oxygen atoms in total. The van der Waals surface area contributed by atoms with Gasteiger partial charge < -0.3 is 24.5 Å². The summed E-state index contributed by atoms with van der Waals surface area (Å²) in [6.45, 7) is 8.89. The van der Waals surface area contributed by atoms with E-state index < -0.39 is 23.7 Å². The number of carbonyl (C=O) groups is 3. The van der Waals surface area contributed by atoms with Gasteiger partial charge in [-0.15, -0.1) is 0 Å². The zero-order chi connectivity index (χ0) is 25.1. The second-order valence-corrected chi connectivity index (χ2v) is 8.58. The molecule has 2 aliphatic rings. The smallest absolute Gasteiger partial charge is 0.355 e. The van der Waals surface area contributed by atoms with E-state index >= 15 is 0 Å². The van der Waals surface area contributed by atoms with E-state index in [0.29, 0.717) is 48.7 Å². The quantitative estimate of drug-likeness (QED) is 0.266. The van der Waals surface area contributed by atoms with Crippen molar-refractivity contribution < 1.29 is 29.0 Å². The van der Waals surface area contributed by atoms with Crippen molar-refractivity contribution in [2.45, 2.75) is 26.8 Å². The molecule has 0 radical (unpaired) electrons. The number of Topliss-reactive ketones (excluding diaryl/α,β-unsaturated/α-hetero) is 1. The summed E-state index contributed by atoms with van der Waals surface area (Å²) < 4.78 is 10.5. The van der Waals surface area contributed by atoms with Crippen LogP contribution in [0, 0.1) is 13.8 Å². The van der Waals surface area contributed by atoms with E-state index in [0.717, 1.165) is 13.1 Å². The van der Waals surface area contributed by atoms with E-state index in [2.05, 4.69) is 14.9 Å². The summed E-state index contributed by atoms with van der Waals surface area (Å²) in [5.41, 5.74) is 2.05. The molecule has 186 valence electrons. The number of aromatic nitrogens is 2.